The van der Waals surface area contributed by atoms with Gasteiger partial charge >= 0.3 is 5.97 Å². The summed E-state index contributed by atoms with van der Waals surface area (Å²) in [7, 11) is 1.41. The number of hydrogen-bond donors (Lipinski definition) is 1. The number of hydrogen-bond acceptors (Lipinski definition) is 7. The molecule has 0 saturated carbocycles. The number of nitrogens with zero attached hydrogens (tertiary/aromatic N) is 3. The molecule has 166 valence electrons. The zero-order valence-electron chi connectivity index (χ0n) is 17.5. The van der Waals surface area contributed by atoms with E-state index in [1.54, 1.807) is 25.1 Å². The number of furan rings is 1. The molecule has 1 aliphatic rings. The minimum absolute atomic E-state index is 0.103. The Kier molecular flexibility index (Phi) is 5.49. The van der Waals surface area contributed by atoms with Gasteiger partial charge in [-0.2, -0.15) is 10.1 Å². The molecule has 0 radical (unpaired) electrons. The van der Waals surface area contributed by atoms with E-state index in [0.29, 0.717) is 34.1 Å². The maximum absolute atomic E-state index is 12.9. The third-order valence-corrected chi connectivity index (χ3v) is 5.00. The van der Waals surface area contributed by atoms with E-state index in [1.165, 1.54) is 54.6 Å². The predicted octanol–water partition coefficient (Wildman–Crippen LogP) is 4.37. The first-order chi connectivity index (χ1) is 15.8. The van der Waals surface area contributed by atoms with Crippen LogP contribution in [0, 0.1) is 10.1 Å². The van der Waals surface area contributed by atoms with Crippen molar-refractivity contribution in [2.45, 2.75) is 6.92 Å². The number of carboxylic acid groups (broad SMARTS) is 1. The molecule has 0 aliphatic carbocycles. The average molecular weight is 447 g/mol. The van der Waals surface area contributed by atoms with Crippen molar-refractivity contribution in [1.82, 2.24) is 0 Å². The molecule has 0 fully saturated rings. The van der Waals surface area contributed by atoms with Crippen LogP contribution in [0.1, 0.15) is 23.0 Å². The Labute approximate surface area is 187 Å². The van der Waals surface area contributed by atoms with Crippen LogP contribution in [0.15, 0.2) is 69.7 Å². The van der Waals surface area contributed by atoms with Gasteiger partial charge < -0.3 is 14.3 Å². The number of nitro groups is 1. The molecule has 10 heteroatoms. The molecule has 33 heavy (non-hydrogen) atoms. The first-order valence-electron chi connectivity index (χ1n) is 9.66. The van der Waals surface area contributed by atoms with Crippen LogP contribution in [0.4, 0.5) is 11.4 Å². The van der Waals surface area contributed by atoms with Gasteiger partial charge in [-0.15, -0.1) is 0 Å². The average Bonchev–Trinajstić information content (AvgIpc) is 3.38. The fraction of sp³-hybridized carbons (Fsp3) is 0.0870. The number of ether oxygens (including phenoxy) is 1. The van der Waals surface area contributed by atoms with Crippen molar-refractivity contribution in [2.24, 2.45) is 5.10 Å². The maximum atomic E-state index is 12.9. The molecule has 1 N–H and O–H groups in total. The van der Waals surface area contributed by atoms with Gasteiger partial charge in [-0.1, -0.05) is 0 Å². The minimum Gasteiger partial charge on any atom is -0.496 e. The van der Waals surface area contributed by atoms with Gasteiger partial charge in [0.25, 0.3) is 11.6 Å². The molecule has 0 spiro atoms. The molecule has 2 aromatic carbocycles. The van der Waals surface area contributed by atoms with E-state index in [9.17, 15) is 19.7 Å². The van der Waals surface area contributed by atoms with Crippen LogP contribution in [0.5, 0.6) is 5.75 Å². The Bertz CT molecular complexity index is 1340. The maximum Gasteiger partial charge on any atom is 0.335 e. The summed E-state index contributed by atoms with van der Waals surface area (Å²) in [6.07, 6.45) is 1.55. The number of non-ortho nitro benzene ring substituents is 1. The number of methoxy groups -OCH3 is 1. The summed E-state index contributed by atoms with van der Waals surface area (Å²) in [6, 6.07) is 13.3. The number of rotatable bonds is 6. The lowest BCUT2D eigenvalue weighted by molar-refractivity contribution is -0.384. The van der Waals surface area contributed by atoms with Gasteiger partial charge in [-0.05, 0) is 55.5 Å². The van der Waals surface area contributed by atoms with Crippen LogP contribution in [0.2, 0.25) is 0 Å². The van der Waals surface area contributed by atoms with Crippen LogP contribution in [-0.4, -0.2) is 34.7 Å². The fourth-order valence-electron chi connectivity index (χ4n) is 3.32. The molecule has 1 aliphatic heterocycles. The summed E-state index contributed by atoms with van der Waals surface area (Å²) < 4.78 is 11.1. The molecule has 1 amide bonds. The van der Waals surface area contributed by atoms with E-state index in [-0.39, 0.29) is 22.9 Å². The number of amides is 1. The van der Waals surface area contributed by atoms with E-state index in [4.69, 9.17) is 14.3 Å². The third-order valence-electron chi connectivity index (χ3n) is 5.00. The number of anilines is 1. The van der Waals surface area contributed by atoms with Crippen molar-refractivity contribution in [3.8, 4) is 17.1 Å². The molecule has 10 nitrogen and oxygen atoms in total. The summed E-state index contributed by atoms with van der Waals surface area (Å²) in [5.74, 6) is -0.376. The molecule has 0 bridgehead atoms. The summed E-state index contributed by atoms with van der Waals surface area (Å²) >= 11 is 0. The first-order valence-corrected chi connectivity index (χ1v) is 9.66. The molecule has 0 unspecified atom stereocenters. The molecule has 4 rings (SSSR count). The number of benzene rings is 2. The molecule has 0 atom stereocenters. The monoisotopic (exact) mass is 447 g/mol. The SMILES string of the molecule is COc1cc([N+](=O)[O-])ccc1-c1ccc(/C=C2/C(=O)N(c3ccc(C(=O)O)cc3)N=C2C)o1. The van der Waals surface area contributed by atoms with Crippen molar-refractivity contribution in [2.75, 3.05) is 12.1 Å². The highest BCUT2D eigenvalue weighted by molar-refractivity contribution is 6.32. The second-order valence-electron chi connectivity index (χ2n) is 7.06. The number of hydrazone groups is 1. The molecular formula is C23H17N3O7. The van der Waals surface area contributed by atoms with E-state index in [0.717, 1.165) is 0 Å². The lowest BCUT2D eigenvalue weighted by atomic mass is 10.1. The zero-order chi connectivity index (χ0) is 23.7. The van der Waals surface area contributed by atoms with Gasteiger partial charge in [0, 0.05) is 6.07 Å². The Morgan fingerprint density at radius 2 is 1.91 bits per heavy atom. The van der Waals surface area contributed by atoms with E-state index >= 15 is 0 Å². The third kappa shape index (κ3) is 4.09. The zero-order valence-corrected chi connectivity index (χ0v) is 17.5. The van der Waals surface area contributed by atoms with Crippen LogP contribution >= 0.6 is 0 Å². The highest BCUT2D eigenvalue weighted by Gasteiger charge is 2.29. The quantitative estimate of drug-likeness (QED) is 0.337. The van der Waals surface area contributed by atoms with Gasteiger partial charge in [0.15, 0.2) is 0 Å². The van der Waals surface area contributed by atoms with Gasteiger partial charge in [0.2, 0.25) is 0 Å². The molecule has 3 aromatic rings. The second-order valence-corrected chi connectivity index (χ2v) is 7.06. The van der Waals surface area contributed by atoms with Crippen molar-refractivity contribution in [1.29, 1.82) is 0 Å². The van der Waals surface area contributed by atoms with Crippen molar-refractivity contribution < 1.29 is 28.8 Å². The van der Waals surface area contributed by atoms with E-state index < -0.39 is 10.9 Å². The van der Waals surface area contributed by atoms with E-state index in [1.807, 2.05) is 0 Å². The number of carboxylic acids is 1. The molecule has 1 aromatic heterocycles. The normalized spacial score (nSPS) is 14.5. The molecule has 2 heterocycles. The summed E-state index contributed by atoms with van der Waals surface area (Å²) in [6.45, 7) is 1.68. The standard InChI is InChI=1S/C23H17N3O7/c1-13-19(22(27)25(24-13)15-5-3-14(4-6-15)23(28)29)12-17-8-10-20(33-17)18-9-7-16(26(30)31)11-21(18)32-2/h3-12H,1-2H3,(H,28,29)/b19-12+. The Morgan fingerprint density at radius 3 is 2.55 bits per heavy atom. The van der Waals surface area contributed by atoms with Gasteiger partial charge in [-0.25, -0.2) is 4.79 Å². The Hall–Kier alpha value is -4.73. The lowest BCUT2D eigenvalue weighted by Crippen LogP contribution is -2.21. The van der Waals surface area contributed by atoms with Crippen molar-refractivity contribution >= 4 is 35.0 Å². The molecular weight excluding hydrogens is 430 g/mol. The van der Waals surface area contributed by atoms with Gasteiger partial charge in [-0.3, -0.25) is 14.9 Å². The summed E-state index contributed by atoms with van der Waals surface area (Å²) in [5.41, 5.74) is 1.73. The van der Waals surface area contributed by atoms with E-state index in [2.05, 4.69) is 5.10 Å². The molecule has 0 saturated heterocycles. The number of carbonyl (C=O) groups is 2. The predicted molar refractivity (Wildman–Crippen MR) is 119 cm³/mol. The summed E-state index contributed by atoms with van der Waals surface area (Å²) in [4.78, 5) is 34.4. The van der Waals surface area contributed by atoms with Crippen LogP contribution in [0.3, 0.4) is 0 Å². The topological polar surface area (TPSA) is 135 Å². The van der Waals surface area contributed by atoms with Crippen LogP contribution in [0.25, 0.3) is 17.4 Å². The number of aromatic carboxylic acids is 1. The fourth-order valence-corrected chi connectivity index (χ4v) is 3.32. The minimum atomic E-state index is -1.06. The number of carbonyl (C=O) groups excluding carboxylic acids is 1. The second kappa shape index (κ2) is 8.42. The van der Waals surface area contributed by atoms with Crippen molar-refractivity contribution in [3.63, 3.8) is 0 Å². The first kappa shape index (κ1) is 21.5. The van der Waals surface area contributed by atoms with Gasteiger partial charge in [0.1, 0.15) is 17.3 Å². The summed E-state index contributed by atoms with van der Waals surface area (Å²) in [5, 5.41) is 25.5. The largest absolute Gasteiger partial charge is 0.496 e. The smallest absolute Gasteiger partial charge is 0.335 e. The van der Waals surface area contributed by atoms with Gasteiger partial charge in [0.05, 0.1) is 46.2 Å². The van der Waals surface area contributed by atoms with Crippen LogP contribution in [-0.2, 0) is 4.79 Å². The lowest BCUT2D eigenvalue weighted by Gasteiger charge is -2.11. The number of nitro benzene ring substituents is 1. The Morgan fingerprint density at radius 1 is 1.18 bits per heavy atom. The highest BCUT2D eigenvalue weighted by Crippen LogP contribution is 2.35. The van der Waals surface area contributed by atoms with Crippen LogP contribution < -0.4 is 9.75 Å². The Balaban J connectivity index is 1.61. The highest BCUT2D eigenvalue weighted by atomic mass is 16.6. The van der Waals surface area contributed by atoms with Crippen molar-refractivity contribution in [3.05, 3.63) is 81.6 Å².